The molecule has 1 aliphatic carbocycles. The molecule has 0 aliphatic heterocycles. The van der Waals surface area contributed by atoms with Crippen LogP contribution in [0.25, 0.3) is 0 Å². The monoisotopic (exact) mass is 578 g/mol. The minimum Gasteiger partial charge on any atom is -0.0769 e. The van der Waals surface area contributed by atoms with Crippen LogP contribution in [-0.2, 0) is 0 Å². The van der Waals surface area contributed by atoms with Gasteiger partial charge in [-0.15, -0.1) is 0 Å². The molecule has 0 N–H and O–H groups in total. The topological polar surface area (TPSA) is 0 Å². The van der Waals surface area contributed by atoms with E-state index in [0.717, 1.165) is 0 Å². The SMILES string of the molecule is C[Si](C)(CP(c1ccccc1)c1ccccc1)C1=CC=C([Si](C)(C)CP(c2ccccc2)c2ccccc2)C1. The second kappa shape index (κ2) is 12.4. The summed E-state index contributed by atoms with van der Waals surface area (Å²) in [4.78, 5) is 0. The third-order valence-electron chi connectivity index (χ3n) is 7.98. The zero-order valence-corrected chi connectivity index (χ0v) is 27.5. The molecule has 0 saturated heterocycles. The highest BCUT2D eigenvalue weighted by Gasteiger charge is 2.37. The third kappa shape index (κ3) is 6.87. The van der Waals surface area contributed by atoms with Crippen molar-refractivity contribution in [2.24, 2.45) is 0 Å². The fraction of sp³-hybridized carbons (Fsp3) is 0.200. The first-order valence-corrected chi connectivity index (χ1v) is 23.5. The van der Waals surface area contributed by atoms with Gasteiger partial charge in [-0.05, 0) is 55.1 Å². The van der Waals surface area contributed by atoms with Gasteiger partial charge < -0.3 is 0 Å². The van der Waals surface area contributed by atoms with Crippen LogP contribution in [-0.4, -0.2) is 27.7 Å². The lowest BCUT2D eigenvalue weighted by molar-refractivity contribution is 1.28. The Balaban J connectivity index is 1.34. The van der Waals surface area contributed by atoms with Crippen molar-refractivity contribution in [3.05, 3.63) is 144 Å². The molecule has 0 atom stereocenters. The molecule has 0 fully saturated rings. The van der Waals surface area contributed by atoms with Crippen LogP contribution in [0.4, 0.5) is 0 Å². The lowest BCUT2D eigenvalue weighted by atomic mass is 10.4. The van der Waals surface area contributed by atoms with Crippen LogP contribution in [0, 0.1) is 0 Å². The van der Waals surface area contributed by atoms with E-state index in [0.29, 0.717) is 0 Å². The summed E-state index contributed by atoms with van der Waals surface area (Å²) in [5.41, 5.74) is 0. The quantitative estimate of drug-likeness (QED) is 0.132. The second-order valence-corrected chi connectivity index (χ2v) is 27.0. The van der Waals surface area contributed by atoms with Crippen molar-refractivity contribution in [2.75, 3.05) is 11.6 Å². The molecule has 0 bridgehead atoms. The largest absolute Gasteiger partial charge is 0.0806 e. The molecule has 0 spiro atoms. The zero-order valence-electron chi connectivity index (χ0n) is 23.7. The molecule has 4 aromatic carbocycles. The van der Waals surface area contributed by atoms with Crippen molar-refractivity contribution >= 4 is 53.2 Å². The number of hydrogen-bond donors (Lipinski definition) is 0. The summed E-state index contributed by atoms with van der Waals surface area (Å²) in [5.74, 6) is 2.62. The predicted molar refractivity (Wildman–Crippen MR) is 184 cm³/mol. The Morgan fingerprint density at radius 3 is 0.949 bits per heavy atom. The van der Waals surface area contributed by atoms with Crippen molar-refractivity contribution in [1.82, 2.24) is 0 Å². The maximum Gasteiger partial charge on any atom is 0.0806 e. The Morgan fingerprint density at radius 2 is 0.692 bits per heavy atom. The molecular weight excluding hydrogens is 539 g/mol. The first-order chi connectivity index (χ1) is 18.8. The van der Waals surface area contributed by atoms with Crippen molar-refractivity contribution in [1.29, 1.82) is 0 Å². The van der Waals surface area contributed by atoms with Gasteiger partial charge in [0.05, 0.1) is 16.1 Å². The second-order valence-electron chi connectivity index (χ2n) is 11.8. The van der Waals surface area contributed by atoms with Crippen molar-refractivity contribution < 1.29 is 0 Å². The third-order valence-corrected chi connectivity index (χ3v) is 24.7. The molecule has 0 nitrogen and oxygen atoms in total. The highest BCUT2D eigenvalue weighted by atomic mass is 31.1. The molecule has 0 unspecified atom stereocenters. The Morgan fingerprint density at radius 1 is 0.436 bits per heavy atom. The molecule has 0 amide bonds. The van der Waals surface area contributed by atoms with Gasteiger partial charge in [0.2, 0.25) is 0 Å². The van der Waals surface area contributed by atoms with Crippen LogP contribution in [0.15, 0.2) is 144 Å². The number of benzene rings is 4. The molecule has 0 radical (unpaired) electrons. The van der Waals surface area contributed by atoms with Crippen LogP contribution >= 0.6 is 15.8 Å². The molecule has 0 heterocycles. The number of allylic oxidation sites excluding steroid dienone is 4. The van der Waals surface area contributed by atoms with Gasteiger partial charge in [-0.25, -0.2) is 0 Å². The van der Waals surface area contributed by atoms with Crippen LogP contribution in [0.5, 0.6) is 0 Å². The van der Waals surface area contributed by atoms with Crippen molar-refractivity contribution in [3.63, 3.8) is 0 Å². The Labute approximate surface area is 240 Å². The van der Waals surface area contributed by atoms with Crippen LogP contribution in [0.1, 0.15) is 6.42 Å². The van der Waals surface area contributed by atoms with Gasteiger partial charge in [-0.1, -0.05) is 170 Å². The van der Waals surface area contributed by atoms with Crippen LogP contribution in [0.3, 0.4) is 0 Å². The summed E-state index contributed by atoms with van der Waals surface area (Å²) >= 11 is 0. The Hall–Kier alpha value is -2.35. The average molecular weight is 579 g/mol. The molecule has 198 valence electrons. The van der Waals surface area contributed by atoms with E-state index < -0.39 is 16.1 Å². The first-order valence-electron chi connectivity index (χ1n) is 14.0. The summed E-state index contributed by atoms with van der Waals surface area (Å²) in [6.45, 7) is 10.5. The van der Waals surface area contributed by atoms with Gasteiger partial charge in [0.1, 0.15) is 0 Å². The summed E-state index contributed by atoms with van der Waals surface area (Å²) in [6.07, 6.45) is 6.30. The summed E-state index contributed by atoms with van der Waals surface area (Å²) in [6, 6.07) is 45.1. The van der Waals surface area contributed by atoms with E-state index in [1.807, 2.05) is 0 Å². The van der Waals surface area contributed by atoms with E-state index in [1.54, 1.807) is 10.4 Å². The zero-order chi connectivity index (χ0) is 27.3. The number of rotatable bonds is 10. The van der Waals surface area contributed by atoms with E-state index in [9.17, 15) is 0 Å². The van der Waals surface area contributed by atoms with Crippen molar-refractivity contribution in [3.8, 4) is 0 Å². The van der Waals surface area contributed by atoms with Gasteiger partial charge in [-0.3, -0.25) is 0 Å². The Kier molecular flexibility index (Phi) is 9.00. The van der Waals surface area contributed by atoms with Gasteiger partial charge in [0.25, 0.3) is 0 Å². The minimum atomic E-state index is -1.62. The maximum atomic E-state index is 2.62. The van der Waals surface area contributed by atoms with E-state index in [-0.39, 0.29) is 15.8 Å². The van der Waals surface area contributed by atoms with E-state index >= 15 is 0 Å². The Bertz CT molecular complexity index is 1220. The van der Waals surface area contributed by atoms with E-state index in [1.165, 1.54) is 39.2 Å². The maximum absolute atomic E-state index is 2.62. The minimum absolute atomic E-state index is 0.360. The van der Waals surface area contributed by atoms with Crippen LogP contribution in [0.2, 0.25) is 26.2 Å². The van der Waals surface area contributed by atoms with Gasteiger partial charge in [-0.2, -0.15) is 0 Å². The lowest BCUT2D eigenvalue weighted by Gasteiger charge is -2.34. The highest BCUT2D eigenvalue weighted by molar-refractivity contribution is 7.75. The molecule has 4 aromatic rings. The van der Waals surface area contributed by atoms with E-state index in [4.69, 9.17) is 0 Å². The normalized spacial score (nSPS) is 14.0. The molecule has 0 aromatic heterocycles. The average Bonchev–Trinajstić information content (AvgIpc) is 3.50. The molecular formula is C35H40P2Si2. The smallest absolute Gasteiger partial charge is 0.0769 e. The van der Waals surface area contributed by atoms with Gasteiger partial charge in [0, 0.05) is 0 Å². The number of hydrogen-bond acceptors (Lipinski definition) is 0. The fourth-order valence-electron chi connectivity index (χ4n) is 5.54. The summed E-state index contributed by atoms with van der Waals surface area (Å²) in [7, 11) is -3.96. The van der Waals surface area contributed by atoms with Crippen molar-refractivity contribution in [2.45, 2.75) is 32.6 Å². The molecule has 4 heteroatoms. The highest BCUT2D eigenvalue weighted by Crippen LogP contribution is 2.44. The molecule has 0 saturated carbocycles. The molecule has 39 heavy (non-hydrogen) atoms. The summed E-state index contributed by atoms with van der Waals surface area (Å²) < 4.78 is 0. The predicted octanol–water partition coefficient (Wildman–Crippen LogP) is 8.08. The van der Waals surface area contributed by atoms with Gasteiger partial charge >= 0.3 is 0 Å². The van der Waals surface area contributed by atoms with Crippen LogP contribution < -0.4 is 21.2 Å². The molecule has 1 aliphatic rings. The fourth-order valence-corrected chi connectivity index (χ4v) is 21.7. The summed E-state index contributed by atoms with van der Waals surface area (Å²) in [5, 5.41) is 9.55. The van der Waals surface area contributed by atoms with E-state index in [2.05, 4.69) is 160 Å². The lowest BCUT2D eigenvalue weighted by Crippen LogP contribution is -2.39. The van der Waals surface area contributed by atoms with Gasteiger partial charge in [0.15, 0.2) is 0 Å². The molecule has 5 rings (SSSR count). The first kappa shape index (κ1) is 28.2. The standard InChI is InChI=1S/C35H40P2Si2/c1-38(2,28-36(30-17-9-5-10-18-30)31-19-11-6-12-20-31)34-25-26-35(27-34)39(3,4)29-37(32-21-13-7-14-22-32)33-23-15-8-16-24-33/h5-26H,27-29H2,1-4H3.